The SMILES string of the molecule is C=CC(CNC(=O)[C@@H](CO)NC(=O)OCc1ccccc1)CC(=O)NCc1ccc(C(=N)N)cc1. The van der Waals surface area contributed by atoms with Gasteiger partial charge in [-0.05, 0) is 11.1 Å². The third kappa shape index (κ3) is 9.68. The van der Waals surface area contributed by atoms with E-state index in [4.69, 9.17) is 15.9 Å². The molecule has 2 atom stereocenters. The predicted octanol–water partition coefficient (Wildman–Crippen LogP) is 1.18. The van der Waals surface area contributed by atoms with Crippen LogP contribution in [0.25, 0.3) is 0 Å². The van der Waals surface area contributed by atoms with Gasteiger partial charge in [0.05, 0.1) is 6.61 Å². The van der Waals surface area contributed by atoms with Gasteiger partial charge >= 0.3 is 6.09 Å². The summed E-state index contributed by atoms with van der Waals surface area (Å²) in [5, 5.41) is 24.6. The van der Waals surface area contributed by atoms with Gasteiger partial charge < -0.3 is 31.5 Å². The zero-order valence-corrected chi connectivity index (χ0v) is 19.3. The average Bonchev–Trinajstić information content (AvgIpc) is 2.87. The van der Waals surface area contributed by atoms with E-state index in [1.54, 1.807) is 42.5 Å². The van der Waals surface area contributed by atoms with E-state index < -0.39 is 24.6 Å². The molecule has 0 aliphatic rings. The minimum Gasteiger partial charge on any atom is -0.445 e. The maximum Gasteiger partial charge on any atom is 0.408 e. The second kappa shape index (κ2) is 14.2. The first-order valence-corrected chi connectivity index (χ1v) is 11.0. The lowest BCUT2D eigenvalue weighted by Gasteiger charge is -2.18. The van der Waals surface area contributed by atoms with Crippen LogP contribution in [0.2, 0.25) is 0 Å². The van der Waals surface area contributed by atoms with Crippen LogP contribution in [0.4, 0.5) is 4.79 Å². The number of alkyl carbamates (subject to hydrolysis) is 1. The Hall–Kier alpha value is -4.18. The predicted molar refractivity (Wildman–Crippen MR) is 131 cm³/mol. The number of nitrogen functional groups attached to an aromatic ring is 1. The van der Waals surface area contributed by atoms with Gasteiger partial charge in [0.15, 0.2) is 0 Å². The molecule has 0 bridgehead atoms. The Labute approximate surface area is 204 Å². The maximum atomic E-state index is 12.4. The smallest absolute Gasteiger partial charge is 0.408 e. The summed E-state index contributed by atoms with van der Waals surface area (Å²) in [5.74, 6) is -1.23. The highest BCUT2D eigenvalue weighted by Crippen LogP contribution is 2.06. The second-order valence-corrected chi connectivity index (χ2v) is 7.77. The van der Waals surface area contributed by atoms with E-state index in [0.29, 0.717) is 12.1 Å². The Morgan fingerprint density at radius 1 is 1.06 bits per heavy atom. The van der Waals surface area contributed by atoms with Crippen LogP contribution in [0, 0.1) is 11.3 Å². The first kappa shape index (κ1) is 27.1. The summed E-state index contributed by atoms with van der Waals surface area (Å²) in [6.45, 7) is 3.51. The van der Waals surface area contributed by atoms with E-state index in [1.165, 1.54) is 0 Å². The molecule has 0 spiro atoms. The van der Waals surface area contributed by atoms with Crippen LogP contribution >= 0.6 is 0 Å². The molecule has 2 rings (SSSR count). The number of aliphatic hydroxyl groups excluding tert-OH is 1. The van der Waals surface area contributed by atoms with E-state index in [1.807, 2.05) is 18.2 Å². The number of amidine groups is 1. The molecule has 186 valence electrons. The van der Waals surface area contributed by atoms with Crippen molar-refractivity contribution in [1.82, 2.24) is 16.0 Å². The van der Waals surface area contributed by atoms with E-state index in [2.05, 4.69) is 22.5 Å². The molecule has 35 heavy (non-hydrogen) atoms. The normalized spacial score (nSPS) is 12.0. The van der Waals surface area contributed by atoms with Crippen molar-refractivity contribution in [2.75, 3.05) is 13.2 Å². The van der Waals surface area contributed by atoms with E-state index in [0.717, 1.165) is 11.1 Å². The van der Waals surface area contributed by atoms with E-state index in [-0.39, 0.29) is 37.2 Å². The lowest BCUT2D eigenvalue weighted by atomic mass is 10.0. The molecule has 10 nitrogen and oxygen atoms in total. The summed E-state index contributed by atoms with van der Waals surface area (Å²) < 4.78 is 5.06. The maximum absolute atomic E-state index is 12.4. The van der Waals surface area contributed by atoms with Crippen molar-refractivity contribution >= 4 is 23.7 Å². The molecule has 0 heterocycles. The van der Waals surface area contributed by atoms with Gasteiger partial charge in [-0.15, -0.1) is 6.58 Å². The highest BCUT2D eigenvalue weighted by molar-refractivity contribution is 5.94. The standard InChI is InChI=1S/C25H31N5O5/c1-2-17(12-22(32)28-14-18-8-10-20(11-9-18)23(26)27)13-29-24(33)21(15-31)30-25(34)35-16-19-6-4-3-5-7-19/h2-11,17,21,31H,1,12-16H2,(H3,26,27)(H,28,32)(H,29,33)(H,30,34)/t17?,21-/m1/s1. The van der Waals surface area contributed by atoms with Gasteiger partial charge in [-0.1, -0.05) is 60.7 Å². The molecule has 2 aromatic rings. The van der Waals surface area contributed by atoms with E-state index in [9.17, 15) is 19.5 Å². The third-order valence-electron chi connectivity index (χ3n) is 5.08. The monoisotopic (exact) mass is 481 g/mol. The lowest BCUT2D eigenvalue weighted by molar-refractivity contribution is -0.125. The molecule has 2 aromatic carbocycles. The molecule has 3 amide bonds. The second-order valence-electron chi connectivity index (χ2n) is 7.77. The van der Waals surface area contributed by atoms with Crippen LogP contribution < -0.4 is 21.7 Å². The van der Waals surface area contributed by atoms with Crippen molar-refractivity contribution in [2.45, 2.75) is 25.6 Å². The van der Waals surface area contributed by atoms with Gasteiger partial charge in [0.25, 0.3) is 0 Å². The molecule has 0 saturated heterocycles. The number of hydrogen-bond acceptors (Lipinski definition) is 6. The quantitative estimate of drug-likeness (QED) is 0.143. The fourth-order valence-electron chi connectivity index (χ4n) is 3.01. The van der Waals surface area contributed by atoms with Gasteiger partial charge in [0.2, 0.25) is 11.8 Å². The first-order valence-electron chi connectivity index (χ1n) is 11.0. The fourth-order valence-corrected chi connectivity index (χ4v) is 3.01. The number of ether oxygens (including phenoxy) is 1. The van der Waals surface area contributed by atoms with Crippen LogP contribution in [0.3, 0.4) is 0 Å². The number of carbonyl (C=O) groups excluding carboxylic acids is 3. The van der Waals surface area contributed by atoms with Crippen LogP contribution in [0.1, 0.15) is 23.1 Å². The third-order valence-corrected chi connectivity index (χ3v) is 5.08. The van der Waals surface area contributed by atoms with Crippen molar-refractivity contribution in [3.63, 3.8) is 0 Å². The molecule has 0 aliphatic carbocycles. The molecular formula is C25H31N5O5. The number of aliphatic hydroxyl groups is 1. The summed E-state index contributed by atoms with van der Waals surface area (Å²) in [6.07, 6.45) is 0.807. The van der Waals surface area contributed by atoms with Gasteiger partial charge in [-0.25, -0.2) is 4.79 Å². The molecule has 10 heteroatoms. The summed E-state index contributed by atoms with van der Waals surface area (Å²) in [6, 6.07) is 14.8. The van der Waals surface area contributed by atoms with Crippen LogP contribution in [0.15, 0.2) is 67.3 Å². The lowest BCUT2D eigenvalue weighted by Crippen LogP contribution is -2.50. The van der Waals surface area contributed by atoms with Crippen LogP contribution in [-0.2, 0) is 27.5 Å². The molecule has 0 fully saturated rings. The minimum absolute atomic E-state index is 0.0285. The minimum atomic E-state index is -1.20. The molecule has 0 aromatic heterocycles. The number of nitrogens with one attached hydrogen (secondary N) is 4. The van der Waals surface area contributed by atoms with Crippen LogP contribution in [-0.4, -0.2) is 48.0 Å². The molecule has 0 saturated carbocycles. The van der Waals surface area contributed by atoms with Gasteiger partial charge in [0, 0.05) is 31.0 Å². The molecule has 0 radical (unpaired) electrons. The Kier molecular flexibility index (Phi) is 11.0. The molecular weight excluding hydrogens is 450 g/mol. The first-order chi connectivity index (χ1) is 16.8. The zero-order valence-electron chi connectivity index (χ0n) is 19.3. The summed E-state index contributed by atoms with van der Waals surface area (Å²) >= 11 is 0. The van der Waals surface area contributed by atoms with Crippen molar-refractivity contribution < 1.29 is 24.2 Å². The van der Waals surface area contributed by atoms with Crippen LogP contribution in [0.5, 0.6) is 0 Å². The highest BCUT2D eigenvalue weighted by atomic mass is 16.5. The van der Waals surface area contributed by atoms with Crippen molar-refractivity contribution in [3.8, 4) is 0 Å². The number of hydrogen-bond donors (Lipinski definition) is 6. The van der Waals surface area contributed by atoms with Gasteiger partial charge in [-0.3, -0.25) is 15.0 Å². The van der Waals surface area contributed by atoms with Gasteiger partial charge in [0.1, 0.15) is 18.5 Å². The van der Waals surface area contributed by atoms with Crippen molar-refractivity contribution in [3.05, 3.63) is 83.9 Å². The molecule has 0 aliphatic heterocycles. The summed E-state index contributed by atoms with van der Waals surface area (Å²) in [4.78, 5) is 36.6. The zero-order chi connectivity index (χ0) is 25.6. The number of benzene rings is 2. The van der Waals surface area contributed by atoms with Crippen molar-refractivity contribution in [2.24, 2.45) is 11.7 Å². The largest absolute Gasteiger partial charge is 0.445 e. The summed E-state index contributed by atoms with van der Waals surface area (Å²) in [7, 11) is 0. The Morgan fingerprint density at radius 2 is 1.74 bits per heavy atom. The highest BCUT2D eigenvalue weighted by Gasteiger charge is 2.21. The Balaban J connectivity index is 1.74. The van der Waals surface area contributed by atoms with Gasteiger partial charge in [-0.2, -0.15) is 0 Å². The number of nitrogens with two attached hydrogens (primary N) is 1. The molecule has 1 unspecified atom stereocenters. The average molecular weight is 482 g/mol. The molecule has 7 N–H and O–H groups in total. The number of carbonyl (C=O) groups is 3. The topological polar surface area (TPSA) is 167 Å². The number of amides is 3. The summed E-state index contributed by atoms with van der Waals surface area (Å²) in [5.41, 5.74) is 7.66. The fraction of sp³-hybridized carbons (Fsp3) is 0.280. The Bertz CT molecular complexity index is 1010. The van der Waals surface area contributed by atoms with E-state index >= 15 is 0 Å². The Morgan fingerprint density at radius 3 is 2.34 bits per heavy atom. The number of rotatable bonds is 13. The van der Waals surface area contributed by atoms with Crippen molar-refractivity contribution in [1.29, 1.82) is 5.41 Å².